The van der Waals surface area contributed by atoms with Crippen molar-refractivity contribution >= 4 is 13.6 Å². The fourth-order valence-electron chi connectivity index (χ4n) is 1.89. The Morgan fingerprint density at radius 2 is 1.57 bits per heavy atom. The first kappa shape index (κ1) is 15.4. The molecule has 2 atom stereocenters. The van der Waals surface area contributed by atoms with Gasteiger partial charge in [-0.25, -0.2) is 4.79 Å². The van der Waals surface area contributed by atoms with E-state index in [0.29, 0.717) is 11.1 Å². The third-order valence-corrected chi connectivity index (χ3v) is 4.13. The van der Waals surface area contributed by atoms with Crippen molar-refractivity contribution in [2.24, 2.45) is 0 Å². The summed E-state index contributed by atoms with van der Waals surface area (Å²) in [5.74, 6) is -1.30. The summed E-state index contributed by atoms with van der Waals surface area (Å²) < 4.78 is 17.1. The molecular weight excluding hydrogens is 291 g/mol. The first-order valence-corrected chi connectivity index (χ1v) is 8.06. The second-order valence-electron chi connectivity index (χ2n) is 4.52. The van der Waals surface area contributed by atoms with E-state index >= 15 is 0 Å². The van der Waals surface area contributed by atoms with Crippen molar-refractivity contribution in [3.8, 4) is 0 Å². The van der Waals surface area contributed by atoms with Gasteiger partial charge in [0.2, 0.25) is 0 Å². The van der Waals surface area contributed by atoms with Crippen LogP contribution in [0.5, 0.6) is 0 Å². The third kappa shape index (κ3) is 4.53. The maximum absolute atomic E-state index is 12.1. The Kier molecular flexibility index (Phi) is 4.91. The highest BCUT2D eigenvalue weighted by Crippen LogP contribution is 2.49. The molecule has 110 valence electrons. The molecule has 0 aliphatic carbocycles. The summed E-state index contributed by atoms with van der Waals surface area (Å²) in [5.41, 5.74) is 0.938. The van der Waals surface area contributed by atoms with E-state index in [1.54, 1.807) is 60.7 Å². The van der Waals surface area contributed by atoms with Crippen LogP contribution in [0.1, 0.15) is 17.2 Å². The molecule has 0 heterocycles. The van der Waals surface area contributed by atoms with Gasteiger partial charge in [-0.2, -0.15) is 0 Å². The third-order valence-electron chi connectivity index (χ3n) is 2.82. The van der Waals surface area contributed by atoms with Crippen molar-refractivity contribution in [3.05, 3.63) is 71.8 Å². The van der Waals surface area contributed by atoms with Gasteiger partial charge in [-0.1, -0.05) is 60.7 Å². The van der Waals surface area contributed by atoms with Gasteiger partial charge in [-0.05, 0) is 11.1 Å². The van der Waals surface area contributed by atoms with Crippen LogP contribution in [0.3, 0.4) is 0 Å². The van der Waals surface area contributed by atoms with Crippen LogP contribution >= 0.6 is 7.60 Å². The molecule has 0 aromatic heterocycles. The molecule has 0 aliphatic heterocycles. The fourth-order valence-corrected chi connectivity index (χ4v) is 3.18. The summed E-state index contributed by atoms with van der Waals surface area (Å²) in [4.78, 5) is 21.2. The summed E-state index contributed by atoms with van der Waals surface area (Å²) in [6.45, 7) is 0. The van der Waals surface area contributed by atoms with Crippen molar-refractivity contribution < 1.29 is 23.9 Å². The molecule has 0 amide bonds. The first-order valence-electron chi connectivity index (χ1n) is 6.30. The largest absolute Gasteiger partial charge is 0.479 e. The molecule has 21 heavy (non-hydrogen) atoms. The topological polar surface area (TPSA) is 83.8 Å². The number of carboxylic acid groups (broad SMARTS) is 1. The van der Waals surface area contributed by atoms with E-state index in [-0.39, 0.29) is 6.16 Å². The second-order valence-corrected chi connectivity index (χ2v) is 6.32. The summed E-state index contributed by atoms with van der Waals surface area (Å²) in [6, 6.07) is 16.7. The van der Waals surface area contributed by atoms with E-state index in [1.165, 1.54) is 0 Å². The zero-order chi connectivity index (χ0) is 15.3. The summed E-state index contributed by atoms with van der Waals surface area (Å²) >= 11 is 0. The Balaban J connectivity index is 2.16. The molecule has 2 N–H and O–H groups in total. The minimum absolute atomic E-state index is 0.232. The first-order chi connectivity index (χ1) is 9.98. The lowest BCUT2D eigenvalue weighted by molar-refractivity contribution is -0.145. The van der Waals surface area contributed by atoms with Gasteiger partial charge in [-0.3, -0.25) is 9.09 Å². The minimum Gasteiger partial charge on any atom is -0.479 e. The smallest absolute Gasteiger partial charge is 0.338 e. The van der Waals surface area contributed by atoms with Crippen molar-refractivity contribution in [3.63, 3.8) is 0 Å². The van der Waals surface area contributed by atoms with E-state index < -0.39 is 19.7 Å². The Morgan fingerprint density at radius 1 is 1.05 bits per heavy atom. The molecule has 0 spiro atoms. The number of rotatable bonds is 6. The minimum atomic E-state index is -4.07. The van der Waals surface area contributed by atoms with Gasteiger partial charge in [0.15, 0.2) is 6.10 Å². The Bertz CT molecular complexity index is 642. The molecule has 0 fully saturated rings. The van der Waals surface area contributed by atoms with Gasteiger partial charge < -0.3 is 10.00 Å². The maximum atomic E-state index is 12.1. The average Bonchev–Trinajstić information content (AvgIpc) is 2.46. The normalized spacial score (nSPS) is 15.1. The number of hydrogen-bond donors (Lipinski definition) is 2. The Labute approximate surface area is 122 Å². The van der Waals surface area contributed by atoms with E-state index in [1.807, 2.05) is 0 Å². The summed E-state index contributed by atoms with van der Waals surface area (Å²) in [5, 5.41) is 9.20. The highest BCUT2D eigenvalue weighted by molar-refractivity contribution is 7.52. The van der Waals surface area contributed by atoms with Crippen LogP contribution in [0.15, 0.2) is 60.7 Å². The molecule has 5 nitrogen and oxygen atoms in total. The molecule has 2 aromatic rings. The van der Waals surface area contributed by atoms with Gasteiger partial charge in [0.05, 0.1) is 6.16 Å². The highest BCUT2D eigenvalue weighted by Gasteiger charge is 2.31. The summed E-state index contributed by atoms with van der Waals surface area (Å²) in [7, 11) is -4.07. The van der Waals surface area contributed by atoms with E-state index in [4.69, 9.17) is 4.52 Å². The van der Waals surface area contributed by atoms with Crippen molar-refractivity contribution in [2.75, 3.05) is 0 Å². The van der Waals surface area contributed by atoms with Gasteiger partial charge in [0.1, 0.15) is 0 Å². The standard InChI is InChI=1S/C15H15O5P/c16-15(17)14(13-9-5-2-6-10-13)20-21(18,19)11-12-7-3-1-4-8-12/h1-10,14H,11H2,(H,16,17)(H,18,19). The Morgan fingerprint density at radius 3 is 2.10 bits per heavy atom. The van der Waals surface area contributed by atoms with Crippen LogP contribution in [0, 0.1) is 0 Å². The molecule has 0 radical (unpaired) electrons. The molecule has 0 saturated carbocycles. The van der Waals surface area contributed by atoms with E-state index in [2.05, 4.69) is 0 Å². The van der Waals surface area contributed by atoms with Crippen LogP contribution in [-0.4, -0.2) is 16.0 Å². The van der Waals surface area contributed by atoms with Gasteiger partial charge in [0, 0.05) is 0 Å². The van der Waals surface area contributed by atoms with Crippen LogP contribution < -0.4 is 0 Å². The number of aliphatic carboxylic acids is 1. The van der Waals surface area contributed by atoms with Crippen molar-refractivity contribution in [1.29, 1.82) is 0 Å². The SMILES string of the molecule is O=C(O)C(OP(=O)(O)Cc1ccccc1)c1ccccc1. The zero-order valence-electron chi connectivity index (χ0n) is 11.1. The second kappa shape index (κ2) is 6.68. The Hall–Kier alpha value is -1.94. The molecule has 0 aliphatic rings. The molecule has 6 heteroatoms. The molecule has 2 rings (SSSR count). The van der Waals surface area contributed by atoms with Crippen LogP contribution in [-0.2, 0) is 20.0 Å². The number of carboxylic acids is 1. The van der Waals surface area contributed by atoms with Gasteiger partial charge >= 0.3 is 13.6 Å². The lowest BCUT2D eigenvalue weighted by atomic mass is 10.1. The molecule has 2 aromatic carbocycles. The van der Waals surface area contributed by atoms with Crippen LogP contribution in [0.25, 0.3) is 0 Å². The number of benzene rings is 2. The molecular formula is C15H15O5P. The highest BCUT2D eigenvalue weighted by atomic mass is 31.2. The summed E-state index contributed by atoms with van der Waals surface area (Å²) in [6.07, 6.45) is -1.70. The van der Waals surface area contributed by atoms with Crippen LogP contribution in [0.4, 0.5) is 0 Å². The number of hydrogen-bond acceptors (Lipinski definition) is 3. The average molecular weight is 306 g/mol. The van der Waals surface area contributed by atoms with E-state index in [9.17, 15) is 19.4 Å². The quantitative estimate of drug-likeness (QED) is 0.801. The van der Waals surface area contributed by atoms with Crippen LogP contribution in [0.2, 0.25) is 0 Å². The van der Waals surface area contributed by atoms with Gasteiger partial charge in [0.25, 0.3) is 0 Å². The predicted octanol–water partition coefficient (Wildman–Crippen LogP) is 3.21. The molecule has 0 bridgehead atoms. The predicted molar refractivity (Wildman–Crippen MR) is 77.9 cm³/mol. The number of carbonyl (C=O) groups is 1. The van der Waals surface area contributed by atoms with E-state index in [0.717, 1.165) is 0 Å². The van der Waals surface area contributed by atoms with Crippen molar-refractivity contribution in [1.82, 2.24) is 0 Å². The maximum Gasteiger partial charge on any atom is 0.338 e. The fraction of sp³-hybridized carbons (Fsp3) is 0.133. The monoisotopic (exact) mass is 306 g/mol. The molecule has 0 saturated heterocycles. The lowest BCUT2D eigenvalue weighted by Crippen LogP contribution is -2.14. The zero-order valence-corrected chi connectivity index (χ0v) is 12.0. The molecule has 2 unspecified atom stereocenters. The lowest BCUT2D eigenvalue weighted by Gasteiger charge is -2.18. The van der Waals surface area contributed by atoms with Crippen molar-refractivity contribution in [2.45, 2.75) is 12.3 Å². The van der Waals surface area contributed by atoms with Gasteiger partial charge in [-0.15, -0.1) is 0 Å².